The number of thioether (sulfide) groups is 1. The van der Waals surface area contributed by atoms with Crippen LogP contribution in [-0.4, -0.2) is 37.1 Å². The van der Waals surface area contributed by atoms with Gasteiger partial charge < -0.3 is 5.32 Å². The molecule has 1 unspecified atom stereocenters. The minimum absolute atomic E-state index is 0.508. The van der Waals surface area contributed by atoms with Crippen LogP contribution in [0.5, 0.6) is 0 Å². The fourth-order valence-corrected chi connectivity index (χ4v) is 2.98. The van der Waals surface area contributed by atoms with E-state index in [1.807, 2.05) is 22.4 Å². The van der Waals surface area contributed by atoms with Gasteiger partial charge in [-0.05, 0) is 18.6 Å². The first-order valence-corrected chi connectivity index (χ1v) is 6.57. The zero-order valence-electron chi connectivity index (χ0n) is 8.83. The van der Waals surface area contributed by atoms with E-state index >= 15 is 0 Å². The third-order valence-electron chi connectivity index (χ3n) is 2.72. The molecule has 0 radical (unpaired) electrons. The molecule has 3 heterocycles. The number of anilines is 1. The maximum Gasteiger partial charge on any atom is 0.203 e. The summed E-state index contributed by atoms with van der Waals surface area (Å²) < 4.78 is 1.88. The molecule has 1 aliphatic heterocycles. The number of nitrogens with zero attached hydrogens (tertiary/aromatic N) is 4. The van der Waals surface area contributed by atoms with Crippen LogP contribution in [0.15, 0.2) is 18.7 Å². The lowest BCUT2D eigenvalue weighted by atomic mass is 10.2. The molecule has 16 heavy (non-hydrogen) atoms. The Balaban J connectivity index is 1.85. The number of hydrogen-bond acceptors (Lipinski definition) is 5. The topological polar surface area (TPSA) is 55.1 Å². The predicted molar refractivity (Wildman–Crippen MR) is 64.8 cm³/mol. The second-order valence-electron chi connectivity index (χ2n) is 3.90. The number of nitrogens with one attached hydrogen (secondary N) is 1. The van der Waals surface area contributed by atoms with Crippen LogP contribution in [0, 0.1) is 0 Å². The molecule has 6 heteroatoms. The van der Waals surface area contributed by atoms with E-state index in [4.69, 9.17) is 0 Å². The van der Waals surface area contributed by atoms with Crippen molar-refractivity contribution in [2.45, 2.75) is 18.9 Å². The lowest BCUT2D eigenvalue weighted by Crippen LogP contribution is -2.26. The summed E-state index contributed by atoms with van der Waals surface area (Å²) in [6.07, 6.45) is 7.81. The minimum Gasteiger partial charge on any atom is -0.363 e. The monoisotopic (exact) mass is 235 g/mol. The second kappa shape index (κ2) is 4.29. The Morgan fingerprint density at radius 2 is 2.50 bits per heavy atom. The molecule has 0 bridgehead atoms. The zero-order valence-corrected chi connectivity index (χ0v) is 9.65. The quantitative estimate of drug-likeness (QED) is 0.853. The third kappa shape index (κ3) is 1.84. The van der Waals surface area contributed by atoms with E-state index < -0.39 is 0 Å². The van der Waals surface area contributed by atoms with Crippen molar-refractivity contribution in [1.82, 2.24) is 19.6 Å². The Bertz CT molecular complexity index is 477. The van der Waals surface area contributed by atoms with Crippen LogP contribution < -0.4 is 5.32 Å². The van der Waals surface area contributed by atoms with Gasteiger partial charge in [-0.25, -0.2) is 4.98 Å². The van der Waals surface area contributed by atoms with Gasteiger partial charge in [0.2, 0.25) is 5.65 Å². The highest BCUT2D eigenvalue weighted by Gasteiger charge is 2.15. The van der Waals surface area contributed by atoms with Gasteiger partial charge in [-0.15, -0.1) is 10.2 Å². The second-order valence-corrected chi connectivity index (χ2v) is 5.05. The summed E-state index contributed by atoms with van der Waals surface area (Å²) in [5.74, 6) is 3.27. The van der Waals surface area contributed by atoms with Crippen LogP contribution in [0.3, 0.4) is 0 Å². The van der Waals surface area contributed by atoms with Crippen molar-refractivity contribution in [3.63, 3.8) is 0 Å². The van der Waals surface area contributed by atoms with Crippen LogP contribution in [0.2, 0.25) is 0 Å². The highest BCUT2D eigenvalue weighted by Crippen LogP contribution is 2.21. The number of hydrogen-bond donors (Lipinski definition) is 1. The van der Waals surface area contributed by atoms with E-state index in [0.717, 1.165) is 17.2 Å². The number of rotatable bonds is 2. The van der Waals surface area contributed by atoms with Gasteiger partial charge in [-0.3, -0.25) is 4.40 Å². The van der Waals surface area contributed by atoms with Crippen molar-refractivity contribution in [3.8, 4) is 0 Å². The molecule has 1 aliphatic rings. The molecule has 0 amide bonds. The van der Waals surface area contributed by atoms with Crippen LogP contribution in [0.1, 0.15) is 12.8 Å². The summed E-state index contributed by atoms with van der Waals surface area (Å²) >= 11 is 2.00. The van der Waals surface area contributed by atoms with Gasteiger partial charge in [-0.2, -0.15) is 11.8 Å². The zero-order chi connectivity index (χ0) is 10.8. The first-order valence-electron chi connectivity index (χ1n) is 5.42. The van der Waals surface area contributed by atoms with Gasteiger partial charge >= 0.3 is 0 Å². The molecule has 1 atom stereocenters. The molecular formula is C10H13N5S. The van der Waals surface area contributed by atoms with E-state index in [0.29, 0.717) is 6.04 Å². The van der Waals surface area contributed by atoms with Crippen molar-refractivity contribution < 1.29 is 0 Å². The van der Waals surface area contributed by atoms with E-state index in [2.05, 4.69) is 20.5 Å². The number of fused-ring (bicyclic) bond motifs is 1. The molecule has 0 aliphatic carbocycles. The van der Waals surface area contributed by atoms with Gasteiger partial charge in [0, 0.05) is 24.2 Å². The molecule has 2 aromatic rings. The van der Waals surface area contributed by atoms with Crippen molar-refractivity contribution >= 4 is 23.2 Å². The Hall–Kier alpha value is -1.30. The average molecular weight is 235 g/mol. The van der Waals surface area contributed by atoms with E-state index in [-0.39, 0.29) is 0 Å². The minimum atomic E-state index is 0.508. The summed E-state index contributed by atoms with van der Waals surface area (Å²) in [5.41, 5.74) is 0.804. The normalized spacial score (nSPS) is 21.1. The first kappa shape index (κ1) is 9.89. The van der Waals surface area contributed by atoms with Gasteiger partial charge in [0.05, 0.1) is 0 Å². The molecule has 0 spiro atoms. The fraction of sp³-hybridized carbons (Fsp3) is 0.500. The van der Waals surface area contributed by atoms with Crippen molar-refractivity contribution in [2.24, 2.45) is 0 Å². The Labute approximate surface area is 97.7 Å². The average Bonchev–Trinajstić information content (AvgIpc) is 2.80. The van der Waals surface area contributed by atoms with Gasteiger partial charge in [0.15, 0.2) is 5.82 Å². The first-order chi connectivity index (χ1) is 7.93. The SMILES string of the molecule is c1cn2cnnc2c(NC2CCCSC2)n1. The van der Waals surface area contributed by atoms with Gasteiger partial charge in [0.25, 0.3) is 0 Å². The van der Waals surface area contributed by atoms with Crippen LogP contribution >= 0.6 is 11.8 Å². The van der Waals surface area contributed by atoms with Crippen LogP contribution in [0.4, 0.5) is 5.82 Å². The largest absolute Gasteiger partial charge is 0.363 e. The summed E-state index contributed by atoms with van der Waals surface area (Å²) in [6, 6.07) is 0.508. The maximum atomic E-state index is 4.33. The molecule has 1 N–H and O–H groups in total. The Morgan fingerprint density at radius 3 is 3.38 bits per heavy atom. The lowest BCUT2D eigenvalue weighted by molar-refractivity contribution is 0.682. The van der Waals surface area contributed by atoms with E-state index in [1.165, 1.54) is 18.6 Å². The van der Waals surface area contributed by atoms with Gasteiger partial charge in [-0.1, -0.05) is 0 Å². The fourth-order valence-electron chi connectivity index (χ4n) is 1.91. The van der Waals surface area contributed by atoms with Crippen molar-refractivity contribution in [3.05, 3.63) is 18.7 Å². The molecule has 5 nitrogen and oxygen atoms in total. The molecule has 84 valence electrons. The van der Waals surface area contributed by atoms with Crippen LogP contribution in [-0.2, 0) is 0 Å². The molecular weight excluding hydrogens is 222 g/mol. The maximum absolute atomic E-state index is 4.33. The van der Waals surface area contributed by atoms with Crippen molar-refractivity contribution in [1.29, 1.82) is 0 Å². The van der Waals surface area contributed by atoms with Crippen LogP contribution in [0.25, 0.3) is 5.65 Å². The highest BCUT2D eigenvalue weighted by atomic mass is 32.2. The van der Waals surface area contributed by atoms with E-state index in [9.17, 15) is 0 Å². The summed E-state index contributed by atoms with van der Waals surface area (Å²) in [6.45, 7) is 0. The Kier molecular flexibility index (Phi) is 2.65. The Morgan fingerprint density at radius 1 is 1.50 bits per heavy atom. The molecule has 1 saturated heterocycles. The molecule has 3 rings (SSSR count). The highest BCUT2D eigenvalue weighted by molar-refractivity contribution is 7.99. The van der Waals surface area contributed by atoms with Gasteiger partial charge in [0.1, 0.15) is 6.33 Å². The van der Waals surface area contributed by atoms with Crippen molar-refractivity contribution in [2.75, 3.05) is 16.8 Å². The molecule has 0 saturated carbocycles. The summed E-state index contributed by atoms with van der Waals surface area (Å²) in [5, 5.41) is 11.4. The lowest BCUT2D eigenvalue weighted by Gasteiger charge is -2.22. The molecule has 1 fully saturated rings. The number of aromatic nitrogens is 4. The summed E-state index contributed by atoms with van der Waals surface area (Å²) in [4.78, 5) is 4.33. The predicted octanol–water partition coefficient (Wildman–Crippen LogP) is 1.43. The summed E-state index contributed by atoms with van der Waals surface area (Å²) in [7, 11) is 0. The molecule has 0 aromatic carbocycles. The molecule has 2 aromatic heterocycles. The standard InChI is InChI=1S/C10H13N5S/c1-2-8(6-16-5-1)13-9-10-14-12-7-15(10)4-3-11-9/h3-4,7-8H,1-2,5-6H2,(H,11,13). The van der Waals surface area contributed by atoms with E-state index in [1.54, 1.807) is 12.5 Å². The smallest absolute Gasteiger partial charge is 0.203 e. The third-order valence-corrected chi connectivity index (χ3v) is 3.93.